The maximum absolute atomic E-state index is 9.46. The van der Waals surface area contributed by atoms with Crippen molar-refractivity contribution in [3.05, 3.63) is 0 Å². The van der Waals surface area contributed by atoms with Gasteiger partial charge in [-0.3, -0.25) is 4.55 Å². The van der Waals surface area contributed by atoms with Crippen molar-refractivity contribution in [2.75, 3.05) is 0 Å². The Bertz CT molecular complexity index is 151. The first kappa shape index (κ1) is 12.5. The summed E-state index contributed by atoms with van der Waals surface area (Å²) in [5.74, 6) is 0. The van der Waals surface area contributed by atoms with Gasteiger partial charge in [-0.15, -0.1) is 0 Å². The molecule has 0 atom stereocenters. The summed E-state index contributed by atoms with van der Waals surface area (Å²) in [7, 11) is -7.22. The van der Waals surface area contributed by atoms with Crippen LogP contribution in [0, 0.1) is 0 Å². The van der Waals surface area contributed by atoms with Crippen LogP contribution in [0.3, 0.4) is 0 Å². The topological polar surface area (TPSA) is 104 Å². The minimum absolute atomic E-state index is 0. The van der Waals surface area contributed by atoms with Crippen molar-refractivity contribution >= 4 is 17.7 Å². The maximum Gasteiger partial charge on any atom is 1.00 e. The van der Waals surface area contributed by atoms with Gasteiger partial charge in [0.25, 0.3) is 0 Å². The van der Waals surface area contributed by atoms with Crippen LogP contribution in [-0.4, -0.2) is 30.3 Å². The van der Waals surface area contributed by atoms with E-state index in [9.17, 15) is 8.42 Å². The molecule has 9 heavy (non-hydrogen) atoms. The molecule has 0 rings (SSSR count). The quantitative estimate of drug-likeness (QED) is 0.280. The average Bonchev–Trinajstić information content (AvgIpc) is 1.21. The van der Waals surface area contributed by atoms with Crippen LogP contribution in [0.5, 0.6) is 0 Å². The van der Waals surface area contributed by atoms with Crippen molar-refractivity contribution in [2.45, 2.75) is 0 Å². The molecule has 0 aromatic heterocycles. The molecule has 0 saturated carbocycles. The van der Waals surface area contributed by atoms with Crippen LogP contribution in [0.1, 0.15) is 1.43 Å². The van der Waals surface area contributed by atoms with Crippen LogP contribution in [0.2, 0.25) is 0 Å². The summed E-state index contributed by atoms with van der Waals surface area (Å²) >= 11 is 0. The third kappa shape index (κ3) is 12.1. The molecule has 0 radical (unpaired) electrons. The van der Waals surface area contributed by atoms with Gasteiger partial charge in [-0.1, -0.05) is 0 Å². The molecule has 0 saturated heterocycles. The first-order valence-corrected chi connectivity index (χ1v) is 2.80. The molecule has 0 amide bonds. The van der Waals surface area contributed by atoms with Gasteiger partial charge >= 0.3 is 48.7 Å². The first-order chi connectivity index (χ1) is 3.42. The van der Waals surface area contributed by atoms with Crippen molar-refractivity contribution < 1.29 is 58.1 Å². The predicted octanol–water partition coefficient (Wildman–Crippen LogP) is -5.11. The summed E-state index contributed by atoms with van der Waals surface area (Å²) in [5.41, 5.74) is 0. The van der Waals surface area contributed by atoms with Crippen molar-refractivity contribution in [3.8, 4) is 0 Å². The van der Waals surface area contributed by atoms with Gasteiger partial charge in [0.05, 0.1) is 0 Å². The largest absolute Gasteiger partial charge is 1.00 e. The number of hydrogen-bond donors (Lipinski definition) is 3. The second-order valence-corrected chi connectivity index (χ2v) is 1.90. The number of rotatable bonds is 2. The van der Waals surface area contributed by atoms with Gasteiger partial charge in [0.15, 0.2) is 0 Å². The van der Waals surface area contributed by atoms with Crippen LogP contribution in [0.15, 0.2) is 0 Å². The Hall–Kier alpha value is 0.855. The molecule has 0 fully saturated rings. The molecule has 3 N–H and O–H groups in total. The standard InChI is InChI=1S/BH3O6S.Na/c2-1(3)7-8(4,5)6;/h2-3H,(H,4,5,6);/q;+1/p+1. The molecule has 9 heteroatoms. The fourth-order valence-electron chi connectivity index (χ4n) is 0.109. The Morgan fingerprint density at radius 2 is 1.78 bits per heavy atom. The van der Waals surface area contributed by atoms with Crippen molar-refractivity contribution in [1.82, 2.24) is 0 Å². The van der Waals surface area contributed by atoms with Gasteiger partial charge in [-0.25, -0.2) is 4.10 Å². The van der Waals surface area contributed by atoms with Crippen molar-refractivity contribution in [1.29, 1.82) is 0 Å². The molecular weight excluding hydrogens is 162 g/mol. The summed E-state index contributed by atoms with van der Waals surface area (Å²) in [6.07, 6.45) is 0. The van der Waals surface area contributed by atoms with Crippen LogP contribution in [0.4, 0.5) is 0 Å². The molecular formula is H4BNaO6S+2. The fraction of sp³-hybridized carbons (Fsp3) is 0. The third-order valence-corrected chi connectivity index (χ3v) is 0.623. The van der Waals surface area contributed by atoms with Crippen LogP contribution >= 0.6 is 0 Å². The zero-order valence-corrected chi connectivity index (χ0v) is 7.37. The zero-order chi connectivity index (χ0) is 6.78. The minimum Gasteiger partial charge on any atom is -0.401 e. The van der Waals surface area contributed by atoms with E-state index >= 15 is 0 Å². The van der Waals surface area contributed by atoms with Gasteiger partial charge < -0.3 is 10.0 Å². The monoisotopic (exact) mass is 166 g/mol. The van der Waals surface area contributed by atoms with E-state index in [0.717, 1.165) is 0 Å². The van der Waals surface area contributed by atoms with E-state index in [4.69, 9.17) is 14.6 Å². The molecule has 6 nitrogen and oxygen atoms in total. The van der Waals surface area contributed by atoms with Gasteiger partial charge in [0.1, 0.15) is 0 Å². The summed E-state index contributed by atoms with van der Waals surface area (Å²) < 4.78 is 29.6. The van der Waals surface area contributed by atoms with E-state index in [1.165, 1.54) is 0 Å². The Morgan fingerprint density at radius 1 is 1.44 bits per heavy atom. The molecule has 0 aliphatic rings. The van der Waals surface area contributed by atoms with E-state index in [2.05, 4.69) is 4.10 Å². The molecule has 0 aromatic rings. The summed E-state index contributed by atoms with van der Waals surface area (Å²) in [6, 6.07) is 0. The number of hydrogen-bond acceptors (Lipinski definition) is 5. The van der Waals surface area contributed by atoms with Crippen molar-refractivity contribution in [3.63, 3.8) is 0 Å². The van der Waals surface area contributed by atoms with Gasteiger partial charge in [-0.05, 0) is 0 Å². The predicted molar refractivity (Wildman–Crippen MR) is 23.9 cm³/mol. The average molecular weight is 166 g/mol. The van der Waals surface area contributed by atoms with Crippen LogP contribution < -0.4 is 29.6 Å². The molecule has 0 bridgehead atoms. The zero-order valence-electron chi connectivity index (χ0n) is 5.55. The van der Waals surface area contributed by atoms with Crippen LogP contribution in [-0.2, 0) is 14.5 Å². The van der Waals surface area contributed by atoms with Gasteiger partial charge in [-0.2, -0.15) is 8.42 Å². The molecule has 0 aliphatic heterocycles. The van der Waals surface area contributed by atoms with E-state index in [0.29, 0.717) is 0 Å². The van der Waals surface area contributed by atoms with Crippen LogP contribution in [0.25, 0.3) is 0 Å². The summed E-state index contributed by atoms with van der Waals surface area (Å²) in [6.45, 7) is 0. The summed E-state index contributed by atoms with van der Waals surface area (Å²) in [4.78, 5) is 0. The second-order valence-electron chi connectivity index (χ2n) is 0.850. The molecule has 0 unspecified atom stereocenters. The Balaban J connectivity index is -0.000000245. The first-order valence-electron chi connectivity index (χ1n) is 1.43. The Labute approximate surface area is 75.7 Å². The molecule has 0 aliphatic carbocycles. The fourth-order valence-corrected chi connectivity index (χ4v) is 0.326. The normalized spacial score (nSPS) is 10.1. The molecule has 0 heterocycles. The minimum atomic E-state index is -4.72. The maximum atomic E-state index is 9.46. The molecule has 48 valence electrons. The van der Waals surface area contributed by atoms with E-state index in [1.54, 1.807) is 0 Å². The smallest absolute Gasteiger partial charge is 0.401 e. The Kier molecular flexibility index (Phi) is 6.45. The molecule has 0 spiro atoms. The van der Waals surface area contributed by atoms with Crippen molar-refractivity contribution in [2.24, 2.45) is 0 Å². The molecule has 0 aromatic carbocycles. The Morgan fingerprint density at radius 3 is 1.78 bits per heavy atom. The van der Waals surface area contributed by atoms with Gasteiger partial charge in [0, 0.05) is 0 Å². The van der Waals surface area contributed by atoms with E-state index in [1.807, 2.05) is 0 Å². The SMILES string of the molecule is O=S(=O)(O)OB(O)O.[H+].[Na+]. The third-order valence-electron chi connectivity index (χ3n) is 0.208. The second kappa shape index (κ2) is 4.64. The van der Waals surface area contributed by atoms with E-state index < -0.39 is 17.7 Å². The van der Waals surface area contributed by atoms with E-state index in [-0.39, 0.29) is 31.0 Å². The summed E-state index contributed by atoms with van der Waals surface area (Å²) in [5, 5.41) is 15.4. The van der Waals surface area contributed by atoms with Gasteiger partial charge in [0.2, 0.25) is 0 Å².